The summed E-state index contributed by atoms with van der Waals surface area (Å²) in [6.07, 6.45) is 6.70. The van der Waals surface area contributed by atoms with Crippen molar-refractivity contribution in [1.29, 1.82) is 0 Å². The van der Waals surface area contributed by atoms with Crippen LogP contribution in [-0.4, -0.2) is 99.6 Å². The van der Waals surface area contributed by atoms with E-state index in [2.05, 4.69) is 21.4 Å². The zero-order valence-electron chi connectivity index (χ0n) is 31.8. The molecule has 1 aromatic heterocycles. The quantitative estimate of drug-likeness (QED) is 0.345. The van der Waals surface area contributed by atoms with E-state index in [9.17, 15) is 18.0 Å². The smallest absolute Gasteiger partial charge is 0.409 e. The van der Waals surface area contributed by atoms with Gasteiger partial charge in [-0.3, -0.25) is 9.59 Å². The molecule has 4 atom stereocenters. The zero-order valence-corrected chi connectivity index (χ0v) is 32.6. The van der Waals surface area contributed by atoms with Crippen LogP contribution in [0, 0.1) is 23.2 Å². The Morgan fingerprint density at radius 1 is 0.926 bits per heavy atom. The van der Waals surface area contributed by atoms with E-state index in [0.29, 0.717) is 51.9 Å². The van der Waals surface area contributed by atoms with Gasteiger partial charge in [0.25, 0.3) is 5.91 Å². The number of nitrogens with one attached hydrogen (secondary N) is 1. The highest BCUT2D eigenvalue weighted by molar-refractivity contribution is 7.90. The summed E-state index contributed by atoms with van der Waals surface area (Å²) >= 11 is 0. The van der Waals surface area contributed by atoms with Crippen LogP contribution in [0.5, 0.6) is 5.75 Å². The van der Waals surface area contributed by atoms with Gasteiger partial charge in [-0.05, 0) is 92.8 Å². The lowest BCUT2D eigenvalue weighted by molar-refractivity contribution is -0.143. The molecule has 2 aliphatic carbocycles. The van der Waals surface area contributed by atoms with Crippen LogP contribution in [0.15, 0.2) is 36.4 Å². The Balaban J connectivity index is 1.26. The topological polar surface area (TPSA) is 136 Å². The van der Waals surface area contributed by atoms with Gasteiger partial charge in [-0.2, -0.15) is 0 Å². The van der Waals surface area contributed by atoms with E-state index < -0.39 is 26.6 Å². The molecule has 0 radical (unpaired) electrons. The van der Waals surface area contributed by atoms with E-state index in [-0.39, 0.29) is 35.3 Å². The second-order valence-corrected chi connectivity index (χ2v) is 18.8. The number of hydrogen-bond acceptors (Lipinski definition) is 8. The summed E-state index contributed by atoms with van der Waals surface area (Å²) in [7, 11) is -0.770. The molecule has 54 heavy (non-hydrogen) atoms. The molecule has 5 fully saturated rings. The van der Waals surface area contributed by atoms with Gasteiger partial charge in [-0.15, -0.1) is 0 Å². The lowest BCUT2D eigenvalue weighted by Crippen LogP contribution is -2.55. The molecular weight excluding hydrogens is 709 g/mol. The van der Waals surface area contributed by atoms with Crippen LogP contribution in [0.25, 0.3) is 22.2 Å². The molecule has 0 unspecified atom stereocenters. The first-order valence-corrected chi connectivity index (χ1v) is 21.1. The van der Waals surface area contributed by atoms with Gasteiger partial charge >= 0.3 is 6.09 Å². The van der Waals surface area contributed by atoms with Crippen molar-refractivity contribution in [1.82, 2.24) is 19.1 Å². The van der Waals surface area contributed by atoms with E-state index in [1.165, 1.54) is 19.1 Å². The summed E-state index contributed by atoms with van der Waals surface area (Å²) in [6.45, 7) is 6.37. The van der Waals surface area contributed by atoms with Crippen molar-refractivity contribution in [2.24, 2.45) is 23.2 Å². The summed E-state index contributed by atoms with van der Waals surface area (Å²) in [5, 5.41) is 0.282. The minimum absolute atomic E-state index is 0.0505. The van der Waals surface area contributed by atoms with Crippen molar-refractivity contribution in [2.45, 2.75) is 76.5 Å². The number of aromatic nitrogens is 1. The van der Waals surface area contributed by atoms with Crippen molar-refractivity contribution in [3.05, 3.63) is 53.1 Å². The molecule has 9 rings (SSSR count). The molecule has 2 bridgehead atoms. The van der Waals surface area contributed by atoms with Crippen molar-refractivity contribution >= 4 is 38.8 Å². The second-order valence-electron chi connectivity index (χ2n) is 16.6. The normalized spacial score (nSPS) is 25.7. The molecule has 3 saturated heterocycles. The van der Waals surface area contributed by atoms with Gasteiger partial charge in [0.05, 0.1) is 43.8 Å². The first-order chi connectivity index (χ1) is 25.9. The average Bonchev–Trinajstić information content (AvgIpc) is 3.72. The Morgan fingerprint density at radius 3 is 2.30 bits per heavy atom. The maximum absolute atomic E-state index is 15.2. The molecular formula is C41H52N4O8S. The van der Waals surface area contributed by atoms with Gasteiger partial charge in [0.15, 0.2) is 0 Å². The number of nitrogens with zero attached hydrogens (tertiary/aromatic N) is 3. The summed E-state index contributed by atoms with van der Waals surface area (Å²) < 4.78 is 47.0. The SMILES string of the molecule is COC(=O)N1C[C@H]2COC[C@@H](C1)CN(C(=O)[C@]13C[C@H]1Cc1cc(OC)ccc1-c1c(C4CCCCC4)c4ccc(C(=O)NS(=O)(=O)C(C)C)cc4n1C3)C2. The lowest BCUT2D eigenvalue weighted by Gasteiger charge is -2.42. The first-order valence-electron chi connectivity index (χ1n) is 19.5. The highest BCUT2D eigenvalue weighted by Crippen LogP contribution is 2.60. The fourth-order valence-electron chi connectivity index (χ4n) is 9.78. The summed E-state index contributed by atoms with van der Waals surface area (Å²) in [5.74, 6) is 0.534. The van der Waals surface area contributed by atoms with Gasteiger partial charge in [0.1, 0.15) is 5.75 Å². The first kappa shape index (κ1) is 36.9. The molecule has 2 saturated carbocycles. The summed E-state index contributed by atoms with van der Waals surface area (Å²) in [5.41, 5.74) is 5.02. The minimum atomic E-state index is -3.85. The third kappa shape index (κ3) is 6.54. The van der Waals surface area contributed by atoms with E-state index in [4.69, 9.17) is 14.2 Å². The standard InChI is InChI=1S/C41H52N4O8S/c1-25(2)54(49,50)42-38(46)29-10-12-34-35(16-29)45-24-41(39(47)43-18-26-20-44(40(48)52-4)21-27(19-43)23-53-22-26)17-31(41)14-30-15-32(51-3)11-13-33(30)37(45)36(34)28-8-6-5-7-9-28/h10-13,15-16,25-28,31H,5-9,14,17-24H2,1-4H3,(H,42,46)/t26-,27+,31-,41+/m1/s1. The average molecular weight is 761 g/mol. The van der Waals surface area contributed by atoms with E-state index in [0.717, 1.165) is 72.0 Å². The number of sulfonamides is 1. The van der Waals surface area contributed by atoms with Crippen molar-refractivity contribution in [2.75, 3.05) is 53.6 Å². The Labute approximate surface area is 317 Å². The maximum atomic E-state index is 15.2. The Kier molecular flexibility index (Phi) is 9.69. The number of amides is 3. The fraction of sp³-hybridized carbons (Fsp3) is 0.585. The van der Waals surface area contributed by atoms with E-state index in [1.807, 2.05) is 23.1 Å². The molecule has 3 aromatic rings. The van der Waals surface area contributed by atoms with E-state index >= 15 is 4.79 Å². The number of carbonyl (C=O) groups is 3. The number of hydrogen-bond donors (Lipinski definition) is 1. The summed E-state index contributed by atoms with van der Waals surface area (Å²) in [6, 6.07) is 11.8. The van der Waals surface area contributed by atoms with Gasteiger partial charge in [0, 0.05) is 66.6 Å². The maximum Gasteiger partial charge on any atom is 0.409 e. The molecule has 2 aromatic carbocycles. The van der Waals surface area contributed by atoms with Crippen molar-refractivity contribution < 1.29 is 37.0 Å². The van der Waals surface area contributed by atoms with Crippen LogP contribution < -0.4 is 9.46 Å². The Hall–Kier alpha value is -4.10. The molecule has 290 valence electrons. The predicted molar refractivity (Wildman–Crippen MR) is 204 cm³/mol. The van der Waals surface area contributed by atoms with Gasteiger partial charge < -0.3 is 28.6 Å². The van der Waals surface area contributed by atoms with Gasteiger partial charge in [-0.25, -0.2) is 17.9 Å². The molecule has 0 spiro atoms. The van der Waals surface area contributed by atoms with Crippen LogP contribution in [0.2, 0.25) is 0 Å². The number of rotatable bonds is 6. The van der Waals surface area contributed by atoms with Gasteiger partial charge in [-0.1, -0.05) is 25.3 Å². The van der Waals surface area contributed by atoms with Crippen LogP contribution in [0.4, 0.5) is 4.79 Å². The van der Waals surface area contributed by atoms with Crippen LogP contribution in [0.1, 0.15) is 79.8 Å². The third-order valence-electron chi connectivity index (χ3n) is 12.7. The van der Waals surface area contributed by atoms with Crippen molar-refractivity contribution in [3.63, 3.8) is 0 Å². The Morgan fingerprint density at radius 2 is 1.63 bits per heavy atom. The number of carbonyl (C=O) groups excluding carboxylic acids is 3. The molecule has 4 aliphatic heterocycles. The largest absolute Gasteiger partial charge is 0.497 e. The minimum Gasteiger partial charge on any atom is -0.497 e. The van der Waals surface area contributed by atoms with Crippen LogP contribution >= 0.6 is 0 Å². The monoisotopic (exact) mass is 760 g/mol. The van der Waals surface area contributed by atoms with Crippen LogP contribution in [0.3, 0.4) is 0 Å². The summed E-state index contributed by atoms with van der Waals surface area (Å²) in [4.78, 5) is 45.2. The number of benzene rings is 2. The number of ether oxygens (including phenoxy) is 3. The number of methoxy groups -OCH3 is 2. The van der Waals surface area contributed by atoms with Crippen molar-refractivity contribution in [3.8, 4) is 17.0 Å². The molecule has 6 aliphatic rings. The molecule has 12 nitrogen and oxygen atoms in total. The highest BCUT2D eigenvalue weighted by atomic mass is 32.2. The Bertz CT molecular complexity index is 2070. The lowest BCUT2D eigenvalue weighted by atomic mass is 9.80. The molecule has 5 heterocycles. The third-order valence-corrected chi connectivity index (χ3v) is 14.4. The van der Waals surface area contributed by atoms with Gasteiger partial charge in [0.2, 0.25) is 15.9 Å². The number of fused-ring (bicyclic) bond motifs is 12. The fourth-order valence-corrected chi connectivity index (χ4v) is 10.4. The highest BCUT2D eigenvalue weighted by Gasteiger charge is 2.62. The molecule has 1 N–H and O–H groups in total. The zero-order chi connectivity index (χ0) is 37.9. The predicted octanol–water partition coefficient (Wildman–Crippen LogP) is 5.57. The second kappa shape index (κ2) is 14.2. The van der Waals surface area contributed by atoms with E-state index in [1.54, 1.807) is 31.9 Å². The molecule has 3 amide bonds. The van der Waals surface area contributed by atoms with Crippen LogP contribution in [-0.2, 0) is 37.3 Å². The molecule has 13 heteroatoms.